The Morgan fingerprint density at radius 1 is 1.33 bits per heavy atom. The predicted molar refractivity (Wildman–Crippen MR) is 55.7 cm³/mol. The Morgan fingerprint density at radius 3 is 2.67 bits per heavy atom. The third kappa shape index (κ3) is 1.51. The third-order valence-corrected chi connectivity index (χ3v) is 4.87. The molecular formula is C10H19NS. The molecule has 0 aromatic heterocycles. The Bertz CT molecular complexity index is 161. The SMILES string of the molecule is CC1(C)SCCC1C1CCCN1. The molecule has 0 aromatic carbocycles. The van der Waals surface area contributed by atoms with Gasteiger partial charge in [-0.15, -0.1) is 0 Å². The van der Waals surface area contributed by atoms with Crippen LogP contribution in [0.5, 0.6) is 0 Å². The van der Waals surface area contributed by atoms with E-state index in [9.17, 15) is 0 Å². The number of hydrogen-bond donors (Lipinski definition) is 1. The zero-order valence-corrected chi connectivity index (χ0v) is 8.91. The Morgan fingerprint density at radius 2 is 2.17 bits per heavy atom. The fraction of sp³-hybridized carbons (Fsp3) is 1.00. The van der Waals surface area contributed by atoms with Gasteiger partial charge < -0.3 is 5.32 Å². The summed E-state index contributed by atoms with van der Waals surface area (Å²) in [6, 6.07) is 0.829. The summed E-state index contributed by atoms with van der Waals surface area (Å²) >= 11 is 2.15. The van der Waals surface area contributed by atoms with Gasteiger partial charge in [0.25, 0.3) is 0 Å². The summed E-state index contributed by atoms with van der Waals surface area (Å²) < 4.78 is 0.530. The first-order valence-corrected chi connectivity index (χ1v) is 6.06. The van der Waals surface area contributed by atoms with Crippen molar-refractivity contribution in [3.05, 3.63) is 0 Å². The van der Waals surface area contributed by atoms with E-state index in [0.717, 1.165) is 12.0 Å². The fourth-order valence-electron chi connectivity index (χ4n) is 2.64. The molecule has 2 heteroatoms. The van der Waals surface area contributed by atoms with Crippen molar-refractivity contribution in [2.75, 3.05) is 12.3 Å². The van der Waals surface area contributed by atoms with E-state index in [1.54, 1.807) is 0 Å². The van der Waals surface area contributed by atoms with E-state index in [-0.39, 0.29) is 0 Å². The van der Waals surface area contributed by atoms with Crippen molar-refractivity contribution >= 4 is 11.8 Å². The molecule has 12 heavy (non-hydrogen) atoms. The number of thioether (sulfide) groups is 1. The van der Waals surface area contributed by atoms with Gasteiger partial charge in [0, 0.05) is 10.8 Å². The number of hydrogen-bond acceptors (Lipinski definition) is 2. The molecule has 0 aromatic rings. The molecule has 0 spiro atoms. The molecule has 2 aliphatic heterocycles. The molecular weight excluding hydrogens is 166 g/mol. The lowest BCUT2D eigenvalue weighted by molar-refractivity contribution is 0.333. The first kappa shape index (κ1) is 8.89. The molecule has 0 amide bonds. The van der Waals surface area contributed by atoms with Gasteiger partial charge in [-0.25, -0.2) is 0 Å². The minimum absolute atomic E-state index is 0.530. The molecule has 0 aliphatic carbocycles. The van der Waals surface area contributed by atoms with E-state index in [2.05, 4.69) is 30.9 Å². The molecule has 2 aliphatic rings. The minimum atomic E-state index is 0.530. The van der Waals surface area contributed by atoms with E-state index in [4.69, 9.17) is 0 Å². The van der Waals surface area contributed by atoms with Crippen LogP contribution in [-0.2, 0) is 0 Å². The van der Waals surface area contributed by atoms with Gasteiger partial charge in [0.15, 0.2) is 0 Å². The molecule has 70 valence electrons. The van der Waals surface area contributed by atoms with Crippen LogP contribution < -0.4 is 5.32 Å². The van der Waals surface area contributed by atoms with Crippen molar-refractivity contribution in [2.45, 2.75) is 43.9 Å². The van der Waals surface area contributed by atoms with Crippen LogP contribution in [0.1, 0.15) is 33.1 Å². The molecule has 2 saturated heterocycles. The molecule has 2 heterocycles. The summed E-state index contributed by atoms with van der Waals surface area (Å²) in [5.41, 5.74) is 0. The van der Waals surface area contributed by atoms with Gasteiger partial charge in [-0.05, 0) is 37.5 Å². The average Bonchev–Trinajstić information content (AvgIpc) is 2.55. The van der Waals surface area contributed by atoms with Crippen LogP contribution in [0.4, 0.5) is 0 Å². The summed E-state index contributed by atoms with van der Waals surface area (Å²) in [6.07, 6.45) is 4.23. The van der Waals surface area contributed by atoms with Crippen LogP contribution in [0.15, 0.2) is 0 Å². The maximum Gasteiger partial charge on any atom is 0.0147 e. The van der Waals surface area contributed by atoms with Gasteiger partial charge in [0.2, 0.25) is 0 Å². The van der Waals surface area contributed by atoms with E-state index < -0.39 is 0 Å². The molecule has 0 radical (unpaired) electrons. The lowest BCUT2D eigenvalue weighted by Gasteiger charge is -2.31. The topological polar surface area (TPSA) is 12.0 Å². The Balaban J connectivity index is 2.02. The summed E-state index contributed by atoms with van der Waals surface area (Å²) in [6.45, 7) is 6.08. The van der Waals surface area contributed by atoms with Gasteiger partial charge in [-0.3, -0.25) is 0 Å². The maximum absolute atomic E-state index is 3.64. The maximum atomic E-state index is 3.64. The molecule has 2 unspecified atom stereocenters. The standard InChI is InChI=1S/C10H19NS/c1-10(2)8(5-7-12-10)9-4-3-6-11-9/h8-9,11H,3-7H2,1-2H3. The number of rotatable bonds is 1. The Hall–Kier alpha value is 0.310. The minimum Gasteiger partial charge on any atom is -0.314 e. The van der Waals surface area contributed by atoms with E-state index in [1.807, 2.05) is 0 Å². The van der Waals surface area contributed by atoms with Crippen molar-refractivity contribution in [3.63, 3.8) is 0 Å². The van der Waals surface area contributed by atoms with Crippen LogP contribution in [0.25, 0.3) is 0 Å². The zero-order valence-electron chi connectivity index (χ0n) is 8.10. The Labute approximate surface area is 79.7 Å². The van der Waals surface area contributed by atoms with Crippen molar-refractivity contribution in [2.24, 2.45) is 5.92 Å². The molecule has 2 rings (SSSR count). The second-order valence-corrected chi connectivity index (χ2v) is 6.30. The number of nitrogens with one attached hydrogen (secondary N) is 1. The summed E-state index contributed by atoms with van der Waals surface area (Å²) in [7, 11) is 0. The Kier molecular flexibility index (Phi) is 2.39. The monoisotopic (exact) mass is 185 g/mol. The van der Waals surface area contributed by atoms with Crippen LogP contribution >= 0.6 is 11.8 Å². The predicted octanol–water partition coefficient (Wildman–Crippen LogP) is 2.27. The molecule has 2 fully saturated rings. The van der Waals surface area contributed by atoms with Gasteiger partial charge in [-0.2, -0.15) is 11.8 Å². The van der Waals surface area contributed by atoms with Crippen LogP contribution in [0.2, 0.25) is 0 Å². The molecule has 2 atom stereocenters. The highest BCUT2D eigenvalue weighted by Gasteiger charge is 2.40. The lowest BCUT2D eigenvalue weighted by atomic mass is 9.85. The summed E-state index contributed by atoms with van der Waals surface area (Å²) in [5, 5.41) is 3.64. The average molecular weight is 185 g/mol. The fourth-order valence-corrected chi connectivity index (χ4v) is 4.04. The van der Waals surface area contributed by atoms with Crippen molar-refractivity contribution in [3.8, 4) is 0 Å². The molecule has 1 N–H and O–H groups in total. The highest BCUT2D eigenvalue weighted by Crippen LogP contribution is 2.45. The van der Waals surface area contributed by atoms with Crippen molar-refractivity contribution in [1.29, 1.82) is 0 Å². The van der Waals surface area contributed by atoms with Gasteiger partial charge in [0.05, 0.1) is 0 Å². The van der Waals surface area contributed by atoms with Gasteiger partial charge in [0.1, 0.15) is 0 Å². The van der Waals surface area contributed by atoms with Gasteiger partial charge in [-0.1, -0.05) is 13.8 Å². The molecule has 1 nitrogen and oxygen atoms in total. The lowest BCUT2D eigenvalue weighted by Crippen LogP contribution is -2.38. The quantitative estimate of drug-likeness (QED) is 0.672. The summed E-state index contributed by atoms with van der Waals surface area (Å²) in [5.74, 6) is 2.29. The first-order valence-electron chi connectivity index (χ1n) is 5.07. The zero-order chi connectivity index (χ0) is 8.60. The van der Waals surface area contributed by atoms with Crippen molar-refractivity contribution in [1.82, 2.24) is 5.32 Å². The summed E-state index contributed by atoms with van der Waals surface area (Å²) in [4.78, 5) is 0. The highest BCUT2D eigenvalue weighted by molar-refractivity contribution is 8.00. The second-order valence-electron chi connectivity index (χ2n) is 4.55. The van der Waals surface area contributed by atoms with E-state index in [0.29, 0.717) is 4.75 Å². The highest BCUT2D eigenvalue weighted by atomic mass is 32.2. The van der Waals surface area contributed by atoms with Crippen LogP contribution in [-0.4, -0.2) is 23.1 Å². The third-order valence-electron chi connectivity index (χ3n) is 3.38. The van der Waals surface area contributed by atoms with E-state index in [1.165, 1.54) is 31.6 Å². The van der Waals surface area contributed by atoms with Crippen molar-refractivity contribution < 1.29 is 0 Å². The van der Waals surface area contributed by atoms with Crippen LogP contribution in [0, 0.1) is 5.92 Å². The molecule has 0 bridgehead atoms. The molecule has 0 saturated carbocycles. The van der Waals surface area contributed by atoms with Crippen LogP contribution in [0.3, 0.4) is 0 Å². The van der Waals surface area contributed by atoms with Gasteiger partial charge >= 0.3 is 0 Å². The second kappa shape index (κ2) is 3.22. The normalized spacial score (nSPS) is 40.5. The first-order chi connectivity index (χ1) is 5.70. The smallest absolute Gasteiger partial charge is 0.0147 e. The largest absolute Gasteiger partial charge is 0.314 e. The van der Waals surface area contributed by atoms with E-state index >= 15 is 0 Å².